The van der Waals surface area contributed by atoms with Crippen LogP contribution in [-0.4, -0.2) is 11.3 Å². The topological polar surface area (TPSA) is 44.0 Å². The van der Waals surface area contributed by atoms with Crippen LogP contribution in [0.3, 0.4) is 0 Å². The van der Waals surface area contributed by atoms with Crippen LogP contribution < -0.4 is 5.73 Å². The minimum Gasteiger partial charge on any atom is -0.377 e. The summed E-state index contributed by atoms with van der Waals surface area (Å²) in [5.41, 5.74) is 6.93. The zero-order valence-electron chi connectivity index (χ0n) is 9.60. The molecular weight excluding hydrogens is 174 g/mol. The van der Waals surface area contributed by atoms with Crippen LogP contribution in [0.25, 0.3) is 0 Å². The van der Waals surface area contributed by atoms with Gasteiger partial charge in [0.15, 0.2) is 0 Å². The lowest BCUT2D eigenvalue weighted by Gasteiger charge is -2.03. The van der Waals surface area contributed by atoms with Gasteiger partial charge in [-0.2, -0.15) is 0 Å². The smallest absolute Gasteiger partial charge is 0.117 e. The molecule has 0 aliphatic heterocycles. The van der Waals surface area contributed by atoms with Gasteiger partial charge in [0.1, 0.15) is 6.23 Å². The van der Waals surface area contributed by atoms with Crippen molar-refractivity contribution in [3.8, 4) is 0 Å². The molecule has 0 amide bonds. The minimum absolute atomic E-state index is 0.649. The van der Waals surface area contributed by atoms with Gasteiger partial charge in [-0.15, -0.1) is 0 Å². The Labute approximate surface area is 88.9 Å². The van der Waals surface area contributed by atoms with Gasteiger partial charge in [0.25, 0.3) is 0 Å². The molecule has 14 heavy (non-hydrogen) atoms. The van der Waals surface area contributed by atoms with Gasteiger partial charge >= 0.3 is 0 Å². The van der Waals surface area contributed by atoms with Gasteiger partial charge in [-0.25, -0.2) is 5.73 Å². The van der Waals surface area contributed by atoms with Crippen molar-refractivity contribution in [2.24, 2.45) is 0 Å². The fourth-order valence-corrected chi connectivity index (χ4v) is 1.65. The van der Waals surface area contributed by atoms with E-state index in [0.29, 0.717) is 6.42 Å². The fraction of sp³-hybridized carbons (Fsp3) is 1.00. The van der Waals surface area contributed by atoms with Crippen LogP contribution in [0.1, 0.15) is 71.1 Å². The highest BCUT2D eigenvalue weighted by atomic mass is 16.3. The van der Waals surface area contributed by atoms with Crippen molar-refractivity contribution in [2.75, 3.05) is 0 Å². The lowest BCUT2D eigenvalue weighted by Crippen LogP contribution is -2.05. The Hall–Kier alpha value is -0.0800. The maximum atomic E-state index is 8.72. The molecule has 0 aromatic heterocycles. The monoisotopic (exact) mass is 200 g/mol. The molecule has 0 aromatic rings. The van der Waals surface area contributed by atoms with Crippen LogP contribution in [-0.2, 0) is 0 Å². The van der Waals surface area contributed by atoms with Crippen molar-refractivity contribution < 1.29 is 5.11 Å². The average molecular weight is 200 g/mol. The quantitative estimate of drug-likeness (QED) is 0.539. The molecule has 1 atom stereocenters. The highest BCUT2D eigenvalue weighted by Gasteiger charge is 1.96. The molecule has 0 aliphatic carbocycles. The summed E-state index contributed by atoms with van der Waals surface area (Å²) in [6.07, 6.45) is 11.4. The Morgan fingerprint density at radius 3 is 1.71 bits per heavy atom. The number of unbranched alkanes of at least 4 members (excludes halogenated alkanes) is 8. The van der Waals surface area contributed by atoms with E-state index in [0.717, 1.165) is 6.42 Å². The number of aliphatic hydroxyl groups excluding tert-OH is 1. The van der Waals surface area contributed by atoms with Crippen molar-refractivity contribution in [2.45, 2.75) is 77.4 Å². The SMILES string of the molecule is CCCCCCCCCCCC([NH])O. The first-order chi connectivity index (χ1) is 6.77. The molecule has 0 spiro atoms. The molecular formula is C12H26NO. The van der Waals surface area contributed by atoms with Gasteiger partial charge in [0, 0.05) is 0 Å². The predicted octanol–water partition coefficient (Wildman–Crippen LogP) is 3.51. The molecule has 2 N–H and O–H groups in total. The molecule has 1 radical (unpaired) electrons. The predicted molar refractivity (Wildman–Crippen MR) is 60.9 cm³/mol. The summed E-state index contributed by atoms with van der Waals surface area (Å²) in [7, 11) is 0. The van der Waals surface area contributed by atoms with Gasteiger partial charge in [-0.3, -0.25) is 0 Å². The summed E-state index contributed by atoms with van der Waals surface area (Å²) in [6.45, 7) is 2.24. The van der Waals surface area contributed by atoms with E-state index in [-0.39, 0.29) is 0 Å². The number of rotatable bonds is 10. The molecule has 0 aliphatic rings. The molecule has 0 aromatic carbocycles. The molecule has 0 fully saturated rings. The molecule has 0 heterocycles. The Bertz CT molecular complexity index is 104. The summed E-state index contributed by atoms with van der Waals surface area (Å²) in [6, 6.07) is 0. The summed E-state index contributed by atoms with van der Waals surface area (Å²) >= 11 is 0. The Morgan fingerprint density at radius 1 is 0.857 bits per heavy atom. The molecule has 85 valence electrons. The minimum atomic E-state index is -0.848. The summed E-state index contributed by atoms with van der Waals surface area (Å²) in [5, 5.41) is 8.72. The normalized spacial score (nSPS) is 13.1. The molecule has 0 rings (SSSR count). The van der Waals surface area contributed by atoms with Crippen LogP contribution in [0, 0.1) is 0 Å². The van der Waals surface area contributed by atoms with Crippen molar-refractivity contribution in [3.05, 3.63) is 0 Å². The summed E-state index contributed by atoms with van der Waals surface area (Å²) in [5.74, 6) is 0. The van der Waals surface area contributed by atoms with Crippen LogP contribution in [0.2, 0.25) is 0 Å². The Kier molecular flexibility index (Phi) is 10.9. The van der Waals surface area contributed by atoms with Crippen LogP contribution in [0.15, 0.2) is 0 Å². The van der Waals surface area contributed by atoms with Gasteiger partial charge in [-0.1, -0.05) is 58.3 Å². The third-order valence-corrected chi connectivity index (χ3v) is 2.58. The molecule has 0 bridgehead atoms. The first-order valence-electron chi connectivity index (χ1n) is 6.16. The molecule has 1 unspecified atom stereocenters. The average Bonchev–Trinajstić information content (AvgIpc) is 2.15. The summed E-state index contributed by atoms with van der Waals surface area (Å²) < 4.78 is 0. The van der Waals surface area contributed by atoms with Gasteiger partial charge in [0.05, 0.1) is 0 Å². The maximum absolute atomic E-state index is 8.72. The second kappa shape index (κ2) is 11.0. The lowest BCUT2D eigenvalue weighted by molar-refractivity contribution is 0.160. The number of hydrogen-bond donors (Lipinski definition) is 1. The van der Waals surface area contributed by atoms with E-state index in [4.69, 9.17) is 10.8 Å². The zero-order chi connectivity index (χ0) is 10.6. The maximum Gasteiger partial charge on any atom is 0.117 e. The van der Waals surface area contributed by atoms with E-state index in [1.54, 1.807) is 0 Å². The van der Waals surface area contributed by atoms with E-state index in [1.165, 1.54) is 51.4 Å². The number of hydrogen-bond acceptors (Lipinski definition) is 1. The van der Waals surface area contributed by atoms with Gasteiger partial charge in [-0.05, 0) is 12.8 Å². The highest BCUT2D eigenvalue weighted by Crippen LogP contribution is 2.10. The van der Waals surface area contributed by atoms with Crippen molar-refractivity contribution in [1.29, 1.82) is 0 Å². The number of nitrogens with one attached hydrogen (secondary N) is 1. The molecule has 2 heteroatoms. The largest absolute Gasteiger partial charge is 0.377 e. The van der Waals surface area contributed by atoms with Gasteiger partial charge in [0.2, 0.25) is 0 Å². The lowest BCUT2D eigenvalue weighted by atomic mass is 10.1. The molecule has 2 nitrogen and oxygen atoms in total. The van der Waals surface area contributed by atoms with E-state index >= 15 is 0 Å². The Morgan fingerprint density at radius 2 is 1.29 bits per heavy atom. The van der Waals surface area contributed by atoms with E-state index in [9.17, 15) is 0 Å². The van der Waals surface area contributed by atoms with Crippen LogP contribution in [0.5, 0.6) is 0 Å². The zero-order valence-corrected chi connectivity index (χ0v) is 9.60. The van der Waals surface area contributed by atoms with E-state index < -0.39 is 6.23 Å². The van der Waals surface area contributed by atoms with Crippen molar-refractivity contribution in [3.63, 3.8) is 0 Å². The molecule has 0 saturated heterocycles. The first-order valence-corrected chi connectivity index (χ1v) is 6.16. The first kappa shape index (κ1) is 13.9. The second-order valence-corrected chi connectivity index (χ2v) is 4.13. The van der Waals surface area contributed by atoms with Crippen LogP contribution >= 0.6 is 0 Å². The Balaban J connectivity index is 2.85. The van der Waals surface area contributed by atoms with Crippen LogP contribution in [0.4, 0.5) is 0 Å². The highest BCUT2D eigenvalue weighted by molar-refractivity contribution is 4.49. The second-order valence-electron chi connectivity index (χ2n) is 4.13. The fourth-order valence-electron chi connectivity index (χ4n) is 1.65. The van der Waals surface area contributed by atoms with E-state index in [2.05, 4.69) is 6.92 Å². The van der Waals surface area contributed by atoms with Crippen molar-refractivity contribution >= 4 is 0 Å². The third-order valence-electron chi connectivity index (χ3n) is 2.58. The molecule has 0 saturated carbocycles. The third kappa shape index (κ3) is 11.9. The van der Waals surface area contributed by atoms with Gasteiger partial charge < -0.3 is 5.11 Å². The van der Waals surface area contributed by atoms with Crippen molar-refractivity contribution in [1.82, 2.24) is 5.73 Å². The number of aliphatic hydroxyl groups is 1. The summed E-state index contributed by atoms with van der Waals surface area (Å²) in [4.78, 5) is 0. The van der Waals surface area contributed by atoms with E-state index in [1.807, 2.05) is 0 Å². The standard InChI is InChI=1S/C12H26NO/c1-2-3-4-5-6-7-8-9-10-11-12(13)14/h12-14H,2-11H2,1H3.